The maximum atomic E-state index is 11.7. The Morgan fingerprint density at radius 3 is 2.52 bits per heavy atom. The Bertz CT molecular complexity index is 1270. The zero-order chi connectivity index (χ0) is 31.0. The molecule has 2 atom stereocenters. The Labute approximate surface area is 278 Å². The number of anilines is 2. The van der Waals surface area contributed by atoms with E-state index in [1.807, 2.05) is 34.6 Å². The van der Waals surface area contributed by atoms with E-state index >= 15 is 0 Å². The summed E-state index contributed by atoms with van der Waals surface area (Å²) < 4.78 is 11.2. The average Bonchev–Trinajstić information content (AvgIpc) is 3.33. The van der Waals surface area contributed by atoms with Gasteiger partial charge in [0, 0.05) is 30.4 Å². The van der Waals surface area contributed by atoms with Crippen molar-refractivity contribution in [1.29, 1.82) is 0 Å². The lowest BCUT2D eigenvalue weighted by Crippen LogP contribution is -2.43. The fourth-order valence-electron chi connectivity index (χ4n) is 5.32. The van der Waals surface area contributed by atoms with Gasteiger partial charge in [-0.25, -0.2) is 11.4 Å². The van der Waals surface area contributed by atoms with Gasteiger partial charge in [-0.05, 0) is 98.5 Å². The molecule has 0 saturated carbocycles. The maximum Gasteiger partial charge on any atom is 0.410 e. The number of carbonyl (C=O) groups excluding carboxylic acids is 1. The highest BCUT2D eigenvalue weighted by Crippen LogP contribution is 2.30. The number of likely N-dealkylation sites (N-methyl/N-ethyl adjacent to an activating group) is 2. The van der Waals surface area contributed by atoms with Crippen molar-refractivity contribution in [2.75, 3.05) is 50.5 Å². The van der Waals surface area contributed by atoms with Crippen LogP contribution in [-0.4, -0.2) is 83.4 Å². The summed E-state index contributed by atoms with van der Waals surface area (Å²) in [5.41, 5.74) is 11.7. The Kier molecular flexibility index (Phi) is 15.6. The van der Waals surface area contributed by atoms with E-state index in [9.17, 15) is 4.79 Å². The highest BCUT2D eigenvalue weighted by Gasteiger charge is 2.27. The lowest BCUT2D eigenvalue weighted by Gasteiger charge is -2.32. The first-order valence-corrected chi connectivity index (χ1v) is 15.0. The maximum absolute atomic E-state index is 11.7. The first-order chi connectivity index (χ1) is 19.8. The van der Waals surface area contributed by atoms with Crippen molar-refractivity contribution in [2.45, 2.75) is 92.0 Å². The summed E-state index contributed by atoms with van der Waals surface area (Å²) in [7, 11) is 2.14. The number of amides is 1. The van der Waals surface area contributed by atoms with Gasteiger partial charge in [-0.2, -0.15) is 37.0 Å². The Morgan fingerprint density at radius 1 is 1.23 bits per heavy atom. The van der Waals surface area contributed by atoms with Crippen LogP contribution in [0.4, 0.5) is 16.3 Å². The molecule has 1 aromatic carbocycles. The summed E-state index contributed by atoms with van der Waals surface area (Å²) in [4.78, 5) is 30.4. The Hall–Kier alpha value is -2.88. The number of benzene rings is 1. The zero-order valence-electron chi connectivity index (χ0n) is 27.7. The second-order valence-corrected chi connectivity index (χ2v) is 12.3. The summed E-state index contributed by atoms with van der Waals surface area (Å²) in [6.07, 6.45) is 2.90. The van der Waals surface area contributed by atoms with Crippen LogP contribution in [0.25, 0.3) is 4.85 Å². The van der Waals surface area contributed by atoms with Crippen LogP contribution < -0.4 is 15.4 Å². The molecule has 0 unspecified atom stereocenters. The number of aryl methyl sites for hydroxylation is 1. The van der Waals surface area contributed by atoms with Crippen molar-refractivity contribution in [1.82, 2.24) is 19.8 Å². The lowest BCUT2D eigenvalue weighted by atomic mass is 10.0. The number of nitrogens with zero attached hydrogens (tertiary/aromatic N) is 6. The van der Waals surface area contributed by atoms with Gasteiger partial charge in [0.1, 0.15) is 24.1 Å². The molecule has 246 valence electrons. The quantitative estimate of drug-likeness (QED) is 0.394. The van der Waals surface area contributed by atoms with Crippen LogP contribution >= 0.6 is 27.0 Å². The summed E-state index contributed by atoms with van der Waals surface area (Å²) >= 11 is 0. The molecule has 1 saturated heterocycles. The molecule has 2 aliphatic rings. The van der Waals surface area contributed by atoms with Crippen LogP contribution in [-0.2, 0) is 17.7 Å². The molecule has 0 bridgehead atoms. The van der Waals surface area contributed by atoms with Gasteiger partial charge >= 0.3 is 12.1 Å². The topological polar surface area (TPSA) is 101 Å². The SMILES string of the molecule is Cc1cccc(N2CCc3c(N)nc(OC[C@@H]4CCCN4C)nc3C2)c1C.S.S.[C-]#[N+]C[C@@H](C)N(CC)C(=O)OC(C)(C)C. The number of rotatable bonds is 7. The van der Waals surface area contributed by atoms with Crippen LogP contribution in [0, 0.1) is 20.4 Å². The minimum Gasteiger partial charge on any atom is -0.462 e. The van der Waals surface area contributed by atoms with E-state index in [1.54, 1.807) is 4.90 Å². The van der Waals surface area contributed by atoms with E-state index < -0.39 is 5.60 Å². The molecule has 12 heteroatoms. The van der Waals surface area contributed by atoms with Crippen LogP contribution in [0.1, 0.15) is 69.8 Å². The number of aromatic nitrogens is 2. The standard InChI is InChI=1S/C21H29N5O.C11H20N2O2.2H2S/c1-14-6-4-8-19(15(14)2)26-11-9-17-18(12-26)23-21(24-20(17)22)27-13-16-7-5-10-25(16)3;1-7-13(9(2)8-12-6)10(14)15-11(3,4)5;;/h4,6,8,16H,5,7,9-13H2,1-3H3,(H2,22,23,24);9H,7-8H2,1-5H3;2*1H2/t16-;9-;;/m01../s1. The first-order valence-electron chi connectivity index (χ1n) is 15.0. The fraction of sp³-hybridized carbons (Fsp3) is 0.625. The fourth-order valence-corrected chi connectivity index (χ4v) is 5.32. The van der Waals surface area contributed by atoms with Crippen LogP contribution in [0.2, 0.25) is 0 Å². The number of fused-ring (bicyclic) bond motifs is 1. The molecule has 0 radical (unpaired) electrons. The monoisotopic (exact) mass is 647 g/mol. The number of nitrogens with two attached hydrogens (primary N) is 1. The van der Waals surface area contributed by atoms with Gasteiger partial charge in [0.2, 0.25) is 6.54 Å². The van der Waals surface area contributed by atoms with Gasteiger partial charge < -0.3 is 29.9 Å². The summed E-state index contributed by atoms with van der Waals surface area (Å²) in [5, 5.41) is 0. The number of ether oxygens (including phenoxy) is 2. The zero-order valence-corrected chi connectivity index (χ0v) is 29.7. The average molecular weight is 648 g/mol. The Balaban J connectivity index is 0.000000494. The molecule has 44 heavy (non-hydrogen) atoms. The molecular weight excluding hydrogens is 595 g/mol. The number of hydrogen-bond donors (Lipinski definition) is 1. The third kappa shape index (κ3) is 10.6. The molecule has 0 spiro atoms. The predicted molar refractivity (Wildman–Crippen MR) is 189 cm³/mol. The van der Waals surface area contributed by atoms with Crippen molar-refractivity contribution in [3.05, 3.63) is 52.0 Å². The van der Waals surface area contributed by atoms with Crippen molar-refractivity contribution in [3.8, 4) is 6.01 Å². The smallest absolute Gasteiger partial charge is 0.410 e. The second-order valence-electron chi connectivity index (χ2n) is 12.3. The highest BCUT2D eigenvalue weighted by atomic mass is 32.1. The van der Waals surface area contributed by atoms with Crippen molar-refractivity contribution in [3.63, 3.8) is 0 Å². The number of likely N-dealkylation sites (tertiary alicyclic amines) is 1. The molecule has 10 nitrogen and oxygen atoms in total. The molecule has 1 aromatic heterocycles. The van der Waals surface area contributed by atoms with Crippen LogP contribution in [0.15, 0.2) is 18.2 Å². The van der Waals surface area contributed by atoms with E-state index in [0.717, 1.165) is 43.7 Å². The molecular formula is C32H53N7O3S2. The van der Waals surface area contributed by atoms with E-state index in [2.05, 4.69) is 58.7 Å². The molecule has 4 rings (SSSR count). The third-order valence-electron chi connectivity index (χ3n) is 7.93. The van der Waals surface area contributed by atoms with Crippen LogP contribution in [0.3, 0.4) is 0 Å². The summed E-state index contributed by atoms with van der Waals surface area (Å²) in [6, 6.07) is 7.22. The summed E-state index contributed by atoms with van der Waals surface area (Å²) in [5.74, 6) is 0.565. The summed E-state index contributed by atoms with van der Waals surface area (Å²) in [6.45, 7) is 24.6. The number of carbonyl (C=O) groups is 1. The van der Waals surface area contributed by atoms with Gasteiger partial charge in [0.15, 0.2) is 0 Å². The number of hydrogen-bond acceptors (Lipinski definition) is 8. The first kappa shape index (κ1) is 39.1. The van der Waals surface area contributed by atoms with Gasteiger partial charge in [-0.3, -0.25) is 4.90 Å². The third-order valence-corrected chi connectivity index (χ3v) is 7.93. The predicted octanol–water partition coefficient (Wildman–Crippen LogP) is 5.49. The minimum atomic E-state index is -0.484. The van der Waals surface area contributed by atoms with Gasteiger partial charge in [0.05, 0.1) is 12.2 Å². The van der Waals surface area contributed by atoms with Crippen molar-refractivity contribution >= 4 is 44.6 Å². The molecule has 0 aliphatic carbocycles. The van der Waals surface area contributed by atoms with Gasteiger partial charge in [-0.1, -0.05) is 12.1 Å². The molecule has 1 amide bonds. The molecule has 3 heterocycles. The Morgan fingerprint density at radius 2 is 1.93 bits per heavy atom. The molecule has 2 aromatic rings. The number of nitrogen functional groups attached to an aromatic ring is 1. The van der Waals surface area contributed by atoms with Gasteiger partial charge in [-0.15, -0.1) is 0 Å². The van der Waals surface area contributed by atoms with E-state index in [4.69, 9.17) is 26.8 Å². The van der Waals surface area contributed by atoms with Crippen molar-refractivity contribution < 1.29 is 14.3 Å². The van der Waals surface area contributed by atoms with Gasteiger partial charge in [0.25, 0.3) is 0 Å². The van der Waals surface area contributed by atoms with E-state index in [1.165, 1.54) is 23.2 Å². The molecule has 2 N–H and O–H groups in total. The van der Waals surface area contributed by atoms with E-state index in [-0.39, 0.29) is 39.1 Å². The molecule has 1 fully saturated rings. The largest absolute Gasteiger partial charge is 0.462 e. The van der Waals surface area contributed by atoms with E-state index in [0.29, 0.717) is 37.6 Å². The van der Waals surface area contributed by atoms with Crippen molar-refractivity contribution in [2.24, 2.45) is 0 Å². The normalized spacial score (nSPS) is 16.6. The van der Waals surface area contributed by atoms with Crippen LogP contribution in [0.5, 0.6) is 6.01 Å². The lowest BCUT2D eigenvalue weighted by molar-refractivity contribution is 0.0201. The molecule has 2 aliphatic heterocycles. The highest BCUT2D eigenvalue weighted by molar-refractivity contribution is 7.59. The second kappa shape index (κ2) is 17.6. The minimum absolute atomic E-state index is 0.